The molecule has 0 spiro atoms. The van der Waals surface area contributed by atoms with E-state index in [1.54, 1.807) is 6.07 Å². The molecule has 4 N–H and O–H groups in total. The fourth-order valence-corrected chi connectivity index (χ4v) is 2.56. The summed E-state index contributed by atoms with van der Waals surface area (Å²) >= 11 is 0. The van der Waals surface area contributed by atoms with Crippen molar-refractivity contribution >= 4 is 11.9 Å². The van der Waals surface area contributed by atoms with Crippen LogP contribution in [0.1, 0.15) is 48.4 Å². The zero-order valence-electron chi connectivity index (χ0n) is 11.3. The van der Waals surface area contributed by atoms with E-state index in [2.05, 4.69) is 5.32 Å². The number of furan rings is 1. The predicted octanol–water partition coefficient (Wildman–Crippen LogP) is 1.50. The number of carboxylic acids is 1. The van der Waals surface area contributed by atoms with Crippen LogP contribution in [0.15, 0.2) is 16.5 Å². The molecule has 1 saturated carbocycles. The van der Waals surface area contributed by atoms with Crippen LogP contribution in [0.2, 0.25) is 0 Å². The van der Waals surface area contributed by atoms with E-state index in [1.165, 1.54) is 6.07 Å². The van der Waals surface area contributed by atoms with Crippen molar-refractivity contribution in [2.24, 2.45) is 11.7 Å². The van der Waals surface area contributed by atoms with Crippen molar-refractivity contribution in [3.05, 3.63) is 23.7 Å². The number of carbonyl (C=O) groups excluding carboxylic acids is 1. The molecule has 0 radical (unpaired) electrons. The summed E-state index contributed by atoms with van der Waals surface area (Å²) < 4.78 is 5.09. The van der Waals surface area contributed by atoms with Crippen molar-refractivity contribution in [2.45, 2.75) is 44.7 Å². The summed E-state index contributed by atoms with van der Waals surface area (Å²) in [6, 6.07) is 2.83. The molecule has 1 aromatic rings. The van der Waals surface area contributed by atoms with Crippen LogP contribution in [-0.2, 0) is 11.3 Å². The quantitative estimate of drug-likeness (QED) is 0.725. The average molecular weight is 280 g/mol. The van der Waals surface area contributed by atoms with Gasteiger partial charge in [0.25, 0.3) is 0 Å². The molecule has 1 amide bonds. The summed E-state index contributed by atoms with van der Waals surface area (Å²) in [5.74, 6) is -1.05. The topological polar surface area (TPSA) is 106 Å². The SMILES string of the molecule is NC1CCCCCC1C(=O)NCc1ccc(C(=O)O)o1. The van der Waals surface area contributed by atoms with Crippen LogP contribution in [0.25, 0.3) is 0 Å². The predicted molar refractivity (Wildman–Crippen MR) is 72.1 cm³/mol. The molecule has 6 heteroatoms. The van der Waals surface area contributed by atoms with Gasteiger partial charge in [-0.3, -0.25) is 4.79 Å². The van der Waals surface area contributed by atoms with Gasteiger partial charge in [0.2, 0.25) is 11.7 Å². The molecule has 2 rings (SSSR count). The van der Waals surface area contributed by atoms with Gasteiger partial charge < -0.3 is 20.6 Å². The molecular weight excluding hydrogens is 260 g/mol. The molecule has 1 aliphatic rings. The first kappa shape index (κ1) is 14.6. The van der Waals surface area contributed by atoms with Crippen LogP contribution in [-0.4, -0.2) is 23.0 Å². The molecule has 2 atom stereocenters. The molecular formula is C14H20N2O4. The van der Waals surface area contributed by atoms with Crippen molar-refractivity contribution in [3.8, 4) is 0 Å². The molecule has 0 saturated heterocycles. The maximum absolute atomic E-state index is 12.1. The summed E-state index contributed by atoms with van der Waals surface area (Å²) in [6.07, 6.45) is 4.91. The smallest absolute Gasteiger partial charge is 0.371 e. The maximum atomic E-state index is 12.1. The lowest BCUT2D eigenvalue weighted by Gasteiger charge is -2.20. The van der Waals surface area contributed by atoms with Crippen molar-refractivity contribution < 1.29 is 19.1 Å². The van der Waals surface area contributed by atoms with Crippen LogP contribution in [0.4, 0.5) is 0 Å². The van der Waals surface area contributed by atoms with E-state index >= 15 is 0 Å². The van der Waals surface area contributed by atoms with E-state index in [0.717, 1.165) is 32.1 Å². The summed E-state index contributed by atoms with van der Waals surface area (Å²) in [7, 11) is 0. The molecule has 1 aliphatic carbocycles. The van der Waals surface area contributed by atoms with E-state index < -0.39 is 5.97 Å². The lowest BCUT2D eigenvalue weighted by Crippen LogP contribution is -2.41. The number of nitrogens with two attached hydrogens (primary N) is 1. The minimum atomic E-state index is -1.12. The minimum absolute atomic E-state index is 0.0762. The van der Waals surface area contributed by atoms with Crippen molar-refractivity contribution in [2.75, 3.05) is 0 Å². The Morgan fingerprint density at radius 3 is 2.75 bits per heavy atom. The second-order valence-corrected chi connectivity index (χ2v) is 5.20. The number of nitrogens with one attached hydrogen (secondary N) is 1. The molecule has 2 unspecified atom stereocenters. The van der Waals surface area contributed by atoms with Crippen molar-refractivity contribution in [3.63, 3.8) is 0 Å². The molecule has 0 bridgehead atoms. The van der Waals surface area contributed by atoms with Crippen LogP contribution in [0.5, 0.6) is 0 Å². The van der Waals surface area contributed by atoms with Gasteiger partial charge in [-0.2, -0.15) is 0 Å². The third kappa shape index (κ3) is 3.60. The largest absolute Gasteiger partial charge is 0.475 e. The zero-order valence-corrected chi connectivity index (χ0v) is 11.3. The Labute approximate surface area is 117 Å². The lowest BCUT2D eigenvalue weighted by atomic mass is 9.94. The van der Waals surface area contributed by atoms with Crippen molar-refractivity contribution in [1.29, 1.82) is 0 Å². The fraction of sp³-hybridized carbons (Fsp3) is 0.571. The Morgan fingerprint density at radius 2 is 2.05 bits per heavy atom. The normalized spacial score (nSPS) is 23.1. The first-order chi connectivity index (χ1) is 9.58. The minimum Gasteiger partial charge on any atom is -0.475 e. The van der Waals surface area contributed by atoms with E-state index in [1.807, 2.05) is 0 Å². The van der Waals surface area contributed by atoms with Crippen LogP contribution in [0, 0.1) is 5.92 Å². The highest BCUT2D eigenvalue weighted by Crippen LogP contribution is 2.22. The Morgan fingerprint density at radius 1 is 1.30 bits per heavy atom. The number of hydrogen-bond donors (Lipinski definition) is 3. The van der Waals surface area contributed by atoms with Gasteiger partial charge in [-0.25, -0.2) is 4.79 Å². The van der Waals surface area contributed by atoms with E-state index in [9.17, 15) is 9.59 Å². The second-order valence-electron chi connectivity index (χ2n) is 5.20. The molecule has 1 heterocycles. The second kappa shape index (κ2) is 6.56. The number of amides is 1. The van der Waals surface area contributed by atoms with Crippen LogP contribution in [0.3, 0.4) is 0 Å². The van der Waals surface area contributed by atoms with Crippen LogP contribution >= 0.6 is 0 Å². The summed E-state index contributed by atoms with van der Waals surface area (Å²) in [6.45, 7) is 0.190. The Bertz CT molecular complexity index is 483. The van der Waals surface area contributed by atoms with Gasteiger partial charge in [-0.15, -0.1) is 0 Å². The lowest BCUT2D eigenvalue weighted by molar-refractivity contribution is -0.126. The fourth-order valence-electron chi connectivity index (χ4n) is 2.56. The number of carbonyl (C=O) groups is 2. The standard InChI is InChI=1S/C14H20N2O4/c15-11-5-3-1-2-4-10(11)13(17)16-8-9-6-7-12(20-9)14(18)19/h6-7,10-11H,1-5,8,15H2,(H,16,17)(H,18,19). The highest BCUT2D eigenvalue weighted by atomic mass is 16.4. The molecule has 0 aromatic carbocycles. The van der Waals surface area contributed by atoms with E-state index in [4.69, 9.17) is 15.3 Å². The summed E-state index contributed by atoms with van der Waals surface area (Å²) in [5.41, 5.74) is 6.03. The first-order valence-corrected chi connectivity index (χ1v) is 6.93. The van der Waals surface area contributed by atoms with Gasteiger partial charge in [0, 0.05) is 6.04 Å². The highest BCUT2D eigenvalue weighted by Gasteiger charge is 2.26. The molecule has 110 valence electrons. The molecule has 1 aromatic heterocycles. The summed E-state index contributed by atoms with van der Waals surface area (Å²) in [4.78, 5) is 22.8. The third-order valence-corrected chi connectivity index (χ3v) is 3.72. The molecule has 0 aliphatic heterocycles. The van der Waals surface area contributed by atoms with Gasteiger partial charge >= 0.3 is 5.97 Å². The average Bonchev–Trinajstić information content (AvgIpc) is 2.79. The molecule has 20 heavy (non-hydrogen) atoms. The monoisotopic (exact) mass is 280 g/mol. The van der Waals surface area contributed by atoms with Crippen LogP contribution < -0.4 is 11.1 Å². The van der Waals surface area contributed by atoms with Gasteiger partial charge in [-0.1, -0.05) is 19.3 Å². The van der Waals surface area contributed by atoms with Gasteiger partial charge in [-0.05, 0) is 25.0 Å². The number of aromatic carboxylic acids is 1. The van der Waals surface area contributed by atoms with E-state index in [0.29, 0.717) is 5.76 Å². The van der Waals surface area contributed by atoms with E-state index in [-0.39, 0.29) is 30.2 Å². The Kier molecular flexibility index (Phi) is 4.79. The van der Waals surface area contributed by atoms with Gasteiger partial charge in [0.15, 0.2) is 0 Å². The molecule has 6 nitrogen and oxygen atoms in total. The van der Waals surface area contributed by atoms with Gasteiger partial charge in [0.05, 0.1) is 12.5 Å². The zero-order chi connectivity index (χ0) is 14.5. The highest BCUT2D eigenvalue weighted by molar-refractivity contribution is 5.84. The third-order valence-electron chi connectivity index (χ3n) is 3.72. The Balaban J connectivity index is 1.88. The summed E-state index contributed by atoms with van der Waals surface area (Å²) in [5, 5.41) is 11.5. The Hall–Kier alpha value is -1.82. The molecule has 1 fully saturated rings. The van der Waals surface area contributed by atoms with Crippen molar-refractivity contribution in [1.82, 2.24) is 5.32 Å². The van der Waals surface area contributed by atoms with Gasteiger partial charge in [0.1, 0.15) is 5.76 Å². The number of hydrogen-bond acceptors (Lipinski definition) is 4. The maximum Gasteiger partial charge on any atom is 0.371 e. The number of rotatable bonds is 4. The first-order valence-electron chi connectivity index (χ1n) is 6.93. The number of carboxylic acid groups (broad SMARTS) is 1.